The van der Waals surface area contributed by atoms with Crippen LogP contribution in [-0.4, -0.2) is 36.1 Å². The summed E-state index contributed by atoms with van der Waals surface area (Å²) in [4.78, 5) is 15.8. The first kappa shape index (κ1) is 13.0. The van der Waals surface area contributed by atoms with Gasteiger partial charge in [0.15, 0.2) is 15.2 Å². The van der Waals surface area contributed by atoms with E-state index in [0.717, 1.165) is 6.54 Å². The molecule has 0 radical (unpaired) electrons. The largest absolute Gasteiger partial charge is 0.465 e. The van der Waals surface area contributed by atoms with Crippen molar-refractivity contribution in [2.24, 2.45) is 5.92 Å². The van der Waals surface area contributed by atoms with E-state index in [9.17, 15) is 4.79 Å². The number of hydrogen-bond acceptors (Lipinski definition) is 6. The molecule has 0 amide bonds. The first-order chi connectivity index (χ1) is 8.20. The number of hydrogen-bond donors (Lipinski definition) is 1. The van der Waals surface area contributed by atoms with E-state index in [4.69, 9.17) is 11.6 Å². The van der Waals surface area contributed by atoms with E-state index in [0.29, 0.717) is 15.9 Å². The smallest absolute Gasteiger partial charge is 0.351 e. The average molecular weight is 293 g/mol. The molecule has 1 aliphatic rings. The van der Waals surface area contributed by atoms with Gasteiger partial charge in [0.2, 0.25) is 0 Å². The minimum Gasteiger partial charge on any atom is -0.465 e. The maximum absolute atomic E-state index is 11.3. The molecule has 0 spiro atoms. The van der Waals surface area contributed by atoms with E-state index in [1.165, 1.54) is 36.4 Å². The molecule has 17 heavy (non-hydrogen) atoms. The van der Waals surface area contributed by atoms with Crippen molar-refractivity contribution >= 4 is 45.8 Å². The summed E-state index contributed by atoms with van der Waals surface area (Å²) >= 11 is 9.09. The molecule has 1 unspecified atom stereocenters. The predicted molar refractivity (Wildman–Crippen MR) is 72.4 cm³/mol. The molecule has 2 rings (SSSR count). The van der Waals surface area contributed by atoms with Gasteiger partial charge in [-0.15, -0.1) is 0 Å². The van der Waals surface area contributed by atoms with E-state index >= 15 is 0 Å². The summed E-state index contributed by atoms with van der Waals surface area (Å²) in [6, 6.07) is 0. The Morgan fingerprint density at radius 1 is 1.71 bits per heavy atom. The van der Waals surface area contributed by atoms with Crippen molar-refractivity contribution in [3.63, 3.8) is 0 Å². The molecule has 7 heteroatoms. The molecular weight excluding hydrogens is 280 g/mol. The number of nitrogens with one attached hydrogen (secondary N) is 1. The van der Waals surface area contributed by atoms with Crippen LogP contribution in [0.15, 0.2) is 0 Å². The number of rotatable bonds is 4. The highest BCUT2D eigenvalue weighted by Crippen LogP contribution is 2.29. The minimum atomic E-state index is -0.433. The third-order valence-electron chi connectivity index (χ3n) is 2.52. The molecular formula is C10H13ClN2O2S2. The molecule has 1 aromatic heterocycles. The third-order valence-corrected chi connectivity index (χ3v) is 5.13. The molecule has 0 bridgehead atoms. The fourth-order valence-electron chi connectivity index (χ4n) is 1.57. The second-order valence-electron chi connectivity index (χ2n) is 3.74. The van der Waals surface area contributed by atoms with E-state index in [-0.39, 0.29) is 5.15 Å². The van der Waals surface area contributed by atoms with Crippen LogP contribution in [-0.2, 0) is 4.74 Å². The average Bonchev–Trinajstić information content (AvgIpc) is 2.94. The zero-order valence-corrected chi connectivity index (χ0v) is 11.8. The number of thiazole rings is 1. The van der Waals surface area contributed by atoms with Crippen molar-refractivity contribution in [3.05, 3.63) is 10.0 Å². The fraction of sp³-hybridized carbons (Fsp3) is 0.600. The Kier molecular flexibility index (Phi) is 4.53. The lowest BCUT2D eigenvalue weighted by Crippen LogP contribution is -2.13. The molecule has 1 aromatic rings. The van der Waals surface area contributed by atoms with Crippen LogP contribution in [0.3, 0.4) is 0 Å². The normalized spacial score (nSPS) is 19.3. The van der Waals surface area contributed by atoms with Gasteiger partial charge in [-0.2, -0.15) is 11.8 Å². The van der Waals surface area contributed by atoms with E-state index in [1.807, 2.05) is 11.8 Å². The Morgan fingerprint density at radius 2 is 2.53 bits per heavy atom. The summed E-state index contributed by atoms with van der Waals surface area (Å²) in [7, 11) is 1.33. The number of ether oxygens (including phenoxy) is 1. The Morgan fingerprint density at radius 3 is 3.18 bits per heavy atom. The first-order valence-corrected chi connectivity index (χ1v) is 7.62. The third kappa shape index (κ3) is 3.26. The van der Waals surface area contributed by atoms with E-state index in [1.54, 1.807) is 0 Å². The molecule has 1 aliphatic heterocycles. The van der Waals surface area contributed by atoms with Gasteiger partial charge in [0.25, 0.3) is 0 Å². The van der Waals surface area contributed by atoms with E-state index < -0.39 is 5.97 Å². The number of carbonyl (C=O) groups excluding carboxylic acids is 1. The van der Waals surface area contributed by atoms with Gasteiger partial charge in [-0.25, -0.2) is 9.78 Å². The number of anilines is 1. The van der Waals surface area contributed by atoms with Gasteiger partial charge in [0, 0.05) is 6.54 Å². The standard InChI is InChI=1S/C10H13ClN2O2S2/c1-15-9(14)7-8(11)13-10(17-7)12-4-6-2-3-16-5-6/h6H,2-5H2,1H3,(H,12,13). The Balaban J connectivity index is 1.94. The summed E-state index contributed by atoms with van der Waals surface area (Å²) < 4.78 is 4.62. The molecule has 0 saturated carbocycles. The number of nitrogens with zero attached hydrogens (tertiary/aromatic N) is 1. The Labute approximate surface area is 113 Å². The van der Waals surface area contributed by atoms with Crippen LogP contribution in [0.25, 0.3) is 0 Å². The van der Waals surface area contributed by atoms with Gasteiger partial charge in [0.05, 0.1) is 7.11 Å². The van der Waals surface area contributed by atoms with Crippen LogP contribution in [0.5, 0.6) is 0 Å². The number of halogens is 1. The summed E-state index contributed by atoms with van der Waals surface area (Å²) in [5.41, 5.74) is 0. The van der Waals surface area contributed by atoms with Crippen molar-refractivity contribution in [1.82, 2.24) is 4.98 Å². The molecule has 1 N–H and O–H groups in total. The molecule has 1 fully saturated rings. The number of carbonyl (C=O) groups is 1. The highest BCUT2D eigenvalue weighted by molar-refractivity contribution is 7.99. The SMILES string of the molecule is COC(=O)c1sc(NCC2CCSC2)nc1Cl. The van der Waals surface area contributed by atoms with Gasteiger partial charge in [-0.05, 0) is 23.8 Å². The van der Waals surface area contributed by atoms with Gasteiger partial charge >= 0.3 is 5.97 Å². The second-order valence-corrected chi connectivity index (χ2v) is 6.25. The zero-order valence-electron chi connectivity index (χ0n) is 9.36. The molecule has 1 saturated heterocycles. The lowest BCUT2D eigenvalue weighted by molar-refractivity contribution is 0.0606. The Hall–Kier alpha value is -0.460. The van der Waals surface area contributed by atoms with Crippen LogP contribution in [0.4, 0.5) is 5.13 Å². The van der Waals surface area contributed by atoms with Crippen LogP contribution in [0, 0.1) is 5.92 Å². The maximum Gasteiger partial charge on any atom is 0.351 e. The summed E-state index contributed by atoms with van der Waals surface area (Å²) in [6.45, 7) is 0.886. The lowest BCUT2D eigenvalue weighted by atomic mass is 10.1. The number of thioether (sulfide) groups is 1. The van der Waals surface area contributed by atoms with Gasteiger partial charge in [-0.1, -0.05) is 22.9 Å². The van der Waals surface area contributed by atoms with Crippen LogP contribution >= 0.6 is 34.7 Å². The fourth-order valence-corrected chi connectivity index (χ4v) is 3.97. The number of methoxy groups -OCH3 is 1. The molecule has 2 heterocycles. The summed E-state index contributed by atoms with van der Waals surface area (Å²) in [5.74, 6) is 2.68. The van der Waals surface area contributed by atoms with Crippen LogP contribution in [0.1, 0.15) is 16.1 Å². The van der Waals surface area contributed by atoms with Crippen molar-refractivity contribution in [1.29, 1.82) is 0 Å². The van der Waals surface area contributed by atoms with Crippen molar-refractivity contribution in [2.75, 3.05) is 30.5 Å². The zero-order chi connectivity index (χ0) is 12.3. The molecule has 0 aromatic carbocycles. The van der Waals surface area contributed by atoms with E-state index in [2.05, 4.69) is 15.0 Å². The number of aromatic nitrogens is 1. The van der Waals surface area contributed by atoms with Crippen molar-refractivity contribution < 1.29 is 9.53 Å². The van der Waals surface area contributed by atoms with Crippen molar-refractivity contribution in [3.8, 4) is 0 Å². The maximum atomic E-state index is 11.3. The van der Waals surface area contributed by atoms with Crippen molar-refractivity contribution in [2.45, 2.75) is 6.42 Å². The van der Waals surface area contributed by atoms with Crippen LogP contribution < -0.4 is 5.32 Å². The highest BCUT2D eigenvalue weighted by Gasteiger charge is 2.19. The molecule has 0 aliphatic carbocycles. The second kappa shape index (κ2) is 5.93. The monoisotopic (exact) mass is 292 g/mol. The van der Waals surface area contributed by atoms with Gasteiger partial charge < -0.3 is 10.1 Å². The summed E-state index contributed by atoms with van der Waals surface area (Å²) in [6.07, 6.45) is 1.24. The highest BCUT2D eigenvalue weighted by atomic mass is 35.5. The van der Waals surface area contributed by atoms with Gasteiger partial charge in [-0.3, -0.25) is 0 Å². The van der Waals surface area contributed by atoms with Gasteiger partial charge in [0.1, 0.15) is 0 Å². The quantitative estimate of drug-likeness (QED) is 0.865. The Bertz CT molecular complexity index is 405. The molecule has 4 nitrogen and oxygen atoms in total. The topological polar surface area (TPSA) is 51.2 Å². The summed E-state index contributed by atoms with van der Waals surface area (Å²) in [5, 5.41) is 4.13. The molecule has 94 valence electrons. The van der Waals surface area contributed by atoms with Crippen LogP contribution in [0.2, 0.25) is 5.15 Å². The lowest BCUT2D eigenvalue weighted by Gasteiger charge is -2.07. The molecule has 1 atom stereocenters. The number of esters is 1. The first-order valence-electron chi connectivity index (χ1n) is 5.27. The predicted octanol–water partition coefficient (Wildman–Crippen LogP) is 2.75. The minimum absolute atomic E-state index is 0.213.